The lowest BCUT2D eigenvalue weighted by molar-refractivity contribution is 0.640. The predicted molar refractivity (Wildman–Crippen MR) is 112 cm³/mol. The zero-order valence-electron chi connectivity index (χ0n) is 16.1. The third-order valence-electron chi connectivity index (χ3n) is 5.63. The van der Waals surface area contributed by atoms with Gasteiger partial charge in [-0.15, -0.1) is 0 Å². The first-order valence-corrected chi connectivity index (χ1v) is 9.91. The number of hydrogen-bond acceptors (Lipinski definition) is 6. The van der Waals surface area contributed by atoms with Gasteiger partial charge in [-0.25, -0.2) is 9.97 Å². The Morgan fingerprint density at radius 1 is 0.786 bits per heavy atom. The van der Waals surface area contributed by atoms with Gasteiger partial charge in [0.1, 0.15) is 11.6 Å². The Bertz CT molecular complexity index is 952. The van der Waals surface area contributed by atoms with Gasteiger partial charge < -0.3 is 14.7 Å². The number of pyridine rings is 1. The molecule has 1 fully saturated rings. The molecule has 2 aromatic heterocycles. The predicted octanol–water partition coefficient (Wildman–Crippen LogP) is 3.28. The van der Waals surface area contributed by atoms with Crippen LogP contribution in [0.3, 0.4) is 0 Å². The Balaban J connectivity index is 1.35. The Kier molecular flexibility index (Phi) is 4.31. The lowest BCUT2D eigenvalue weighted by Crippen LogP contribution is -2.47. The molecule has 1 unspecified atom stereocenters. The van der Waals surface area contributed by atoms with E-state index in [0.717, 1.165) is 50.2 Å². The lowest BCUT2D eigenvalue weighted by atomic mass is 10.1. The highest BCUT2D eigenvalue weighted by atomic mass is 15.3. The van der Waals surface area contributed by atoms with Crippen molar-refractivity contribution >= 4 is 23.3 Å². The van der Waals surface area contributed by atoms with E-state index >= 15 is 0 Å². The highest BCUT2D eigenvalue weighted by Crippen LogP contribution is 2.36. The van der Waals surface area contributed by atoms with Crippen molar-refractivity contribution in [2.45, 2.75) is 19.4 Å². The fourth-order valence-corrected chi connectivity index (χ4v) is 4.21. The molecular formula is C22H24N6. The second kappa shape index (κ2) is 7.11. The highest BCUT2D eigenvalue weighted by Gasteiger charge is 2.29. The largest absolute Gasteiger partial charge is 0.353 e. The van der Waals surface area contributed by atoms with Gasteiger partial charge in [-0.2, -0.15) is 4.98 Å². The van der Waals surface area contributed by atoms with Crippen LogP contribution in [0.25, 0.3) is 0 Å². The standard InChI is InChI=1S/C22H24N6/c1-17-16-18-6-2-3-7-19(18)28(17)22-24-11-9-21(25-22)27-14-12-26(13-15-27)20-8-4-5-10-23-20/h2-11,17H,12-16H2,1H3. The number of hydrogen-bond donors (Lipinski definition) is 0. The molecule has 3 aromatic rings. The van der Waals surface area contributed by atoms with Crippen LogP contribution < -0.4 is 14.7 Å². The number of para-hydroxylation sites is 1. The number of rotatable bonds is 3. The topological polar surface area (TPSA) is 48.4 Å². The molecule has 5 rings (SSSR count). The number of fused-ring (bicyclic) bond motifs is 1. The monoisotopic (exact) mass is 372 g/mol. The van der Waals surface area contributed by atoms with Crippen LogP contribution in [0.4, 0.5) is 23.3 Å². The van der Waals surface area contributed by atoms with E-state index in [1.54, 1.807) is 0 Å². The SMILES string of the molecule is CC1Cc2ccccc2N1c1nccc(N2CCN(c3ccccn3)CC2)n1. The second-order valence-electron chi connectivity index (χ2n) is 7.43. The van der Waals surface area contributed by atoms with Gasteiger partial charge in [-0.1, -0.05) is 24.3 Å². The van der Waals surface area contributed by atoms with Gasteiger partial charge in [0, 0.05) is 50.3 Å². The van der Waals surface area contributed by atoms with E-state index in [2.05, 4.69) is 61.9 Å². The first-order chi connectivity index (χ1) is 13.8. The molecule has 1 saturated heterocycles. The summed E-state index contributed by atoms with van der Waals surface area (Å²) in [6.45, 7) is 5.98. The Labute approximate surface area is 165 Å². The lowest BCUT2D eigenvalue weighted by Gasteiger charge is -2.36. The summed E-state index contributed by atoms with van der Waals surface area (Å²) in [7, 11) is 0. The van der Waals surface area contributed by atoms with Gasteiger partial charge in [0.15, 0.2) is 0 Å². The van der Waals surface area contributed by atoms with Crippen LogP contribution in [0.2, 0.25) is 0 Å². The maximum Gasteiger partial charge on any atom is 0.232 e. The fourth-order valence-electron chi connectivity index (χ4n) is 4.21. The van der Waals surface area contributed by atoms with Crippen molar-refractivity contribution in [1.82, 2.24) is 15.0 Å². The summed E-state index contributed by atoms with van der Waals surface area (Å²) >= 11 is 0. The molecule has 6 heteroatoms. The van der Waals surface area contributed by atoms with Crippen LogP contribution in [0.15, 0.2) is 60.9 Å². The molecular weight excluding hydrogens is 348 g/mol. The number of piperazine rings is 1. The second-order valence-corrected chi connectivity index (χ2v) is 7.43. The highest BCUT2D eigenvalue weighted by molar-refractivity contribution is 5.67. The molecule has 0 bridgehead atoms. The molecule has 1 atom stereocenters. The van der Waals surface area contributed by atoms with Gasteiger partial charge in [-0.05, 0) is 43.2 Å². The van der Waals surface area contributed by atoms with E-state index in [-0.39, 0.29) is 0 Å². The van der Waals surface area contributed by atoms with Crippen molar-refractivity contribution in [3.8, 4) is 0 Å². The van der Waals surface area contributed by atoms with E-state index in [1.165, 1.54) is 11.3 Å². The summed E-state index contributed by atoms with van der Waals surface area (Å²) in [4.78, 5) is 20.9. The van der Waals surface area contributed by atoms with Crippen molar-refractivity contribution in [2.24, 2.45) is 0 Å². The van der Waals surface area contributed by atoms with E-state index < -0.39 is 0 Å². The Morgan fingerprint density at radius 2 is 1.54 bits per heavy atom. The zero-order chi connectivity index (χ0) is 18.9. The number of nitrogens with zero attached hydrogens (tertiary/aromatic N) is 6. The number of benzene rings is 1. The first-order valence-electron chi connectivity index (χ1n) is 9.91. The van der Waals surface area contributed by atoms with Crippen molar-refractivity contribution in [1.29, 1.82) is 0 Å². The number of anilines is 4. The van der Waals surface area contributed by atoms with Crippen LogP contribution in [-0.2, 0) is 6.42 Å². The fraction of sp³-hybridized carbons (Fsp3) is 0.318. The molecule has 6 nitrogen and oxygen atoms in total. The summed E-state index contributed by atoms with van der Waals surface area (Å²) in [6.07, 6.45) is 4.77. The van der Waals surface area contributed by atoms with Crippen molar-refractivity contribution in [3.05, 3.63) is 66.5 Å². The molecule has 2 aliphatic rings. The van der Waals surface area contributed by atoms with Gasteiger partial charge in [-0.3, -0.25) is 0 Å². The molecule has 0 saturated carbocycles. The van der Waals surface area contributed by atoms with Gasteiger partial charge in [0.05, 0.1) is 0 Å². The third kappa shape index (κ3) is 3.05. The molecule has 142 valence electrons. The van der Waals surface area contributed by atoms with Crippen molar-refractivity contribution in [3.63, 3.8) is 0 Å². The molecule has 4 heterocycles. The van der Waals surface area contributed by atoms with Crippen molar-refractivity contribution < 1.29 is 0 Å². The maximum atomic E-state index is 4.93. The molecule has 0 radical (unpaired) electrons. The van der Waals surface area contributed by atoms with Crippen LogP contribution in [0, 0.1) is 0 Å². The minimum atomic E-state index is 0.369. The Hall–Kier alpha value is -3.15. The quantitative estimate of drug-likeness (QED) is 0.703. The molecule has 28 heavy (non-hydrogen) atoms. The minimum absolute atomic E-state index is 0.369. The molecule has 0 spiro atoms. The summed E-state index contributed by atoms with van der Waals surface area (Å²) in [6, 6.07) is 17.0. The summed E-state index contributed by atoms with van der Waals surface area (Å²) in [5.74, 6) is 2.84. The van der Waals surface area contributed by atoms with E-state index in [0.29, 0.717) is 6.04 Å². The molecule has 1 aromatic carbocycles. The maximum absolute atomic E-state index is 4.93. The van der Waals surface area contributed by atoms with E-state index in [4.69, 9.17) is 4.98 Å². The summed E-state index contributed by atoms with van der Waals surface area (Å²) < 4.78 is 0. The zero-order valence-corrected chi connectivity index (χ0v) is 16.1. The molecule has 0 N–H and O–H groups in total. The summed E-state index contributed by atoms with van der Waals surface area (Å²) in [5.41, 5.74) is 2.60. The molecule has 2 aliphatic heterocycles. The van der Waals surface area contributed by atoms with E-state index in [1.807, 2.05) is 30.6 Å². The smallest absolute Gasteiger partial charge is 0.232 e. The average Bonchev–Trinajstić information content (AvgIpc) is 3.10. The third-order valence-corrected chi connectivity index (χ3v) is 5.63. The number of aromatic nitrogens is 3. The van der Waals surface area contributed by atoms with Crippen LogP contribution in [-0.4, -0.2) is 47.2 Å². The molecule has 0 aliphatic carbocycles. The Morgan fingerprint density at radius 3 is 2.32 bits per heavy atom. The van der Waals surface area contributed by atoms with Crippen molar-refractivity contribution in [2.75, 3.05) is 40.9 Å². The summed E-state index contributed by atoms with van der Waals surface area (Å²) in [5, 5.41) is 0. The van der Waals surface area contributed by atoms with Crippen LogP contribution in [0.5, 0.6) is 0 Å². The van der Waals surface area contributed by atoms with E-state index in [9.17, 15) is 0 Å². The average molecular weight is 372 g/mol. The van der Waals surface area contributed by atoms with Gasteiger partial charge in [0.2, 0.25) is 5.95 Å². The minimum Gasteiger partial charge on any atom is -0.353 e. The first kappa shape index (κ1) is 17.0. The molecule has 0 amide bonds. The van der Waals surface area contributed by atoms with Crippen LogP contribution in [0.1, 0.15) is 12.5 Å². The normalized spacial score (nSPS) is 19.0. The van der Waals surface area contributed by atoms with Gasteiger partial charge in [0.25, 0.3) is 0 Å². The van der Waals surface area contributed by atoms with Gasteiger partial charge >= 0.3 is 0 Å². The van der Waals surface area contributed by atoms with Crippen LogP contribution >= 0.6 is 0 Å².